The van der Waals surface area contributed by atoms with E-state index in [4.69, 9.17) is 9.84 Å². The number of ether oxygens (including phenoxy) is 1. The maximum Gasteiger partial charge on any atom is 0.155 e. The Morgan fingerprint density at radius 1 is 1.75 bits per heavy atom. The summed E-state index contributed by atoms with van der Waals surface area (Å²) in [5, 5.41) is 8.78. The number of rotatable bonds is 4. The van der Waals surface area contributed by atoms with Gasteiger partial charge in [-0.05, 0) is 12.7 Å². The molecule has 1 N–H and O–H groups in total. The van der Waals surface area contributed by atoms with E-state index in [1.165, 1.54) is 0 Å². The van der Waals surface area contributed by atoms with Crippen LogP contribution >= 0.6 is 12.6 Å². The van der Waals surface area contributed by atoms with Crippen molar-refractivity contribution in [2.24, 2.45) is 0 Å². The summed E-state index contributed by atoms with van der Waals surface area (Å²) in [7, 11) is 0. The molecule has 0 rings (SSSR count). The molecule has 3 heteroatoms. The molecule has 0 saturated carbocycles. The van der Waals surface area contributed by atoms with Gasteiger partial charge in [0.15, 0.2) is 6.29 Å². The van der Waals surface area contributed by atoms with Gasteiger partial charge in [-0.15, -0.1) is 0 Å². The highest BCUT2D eigenvalue weighted by Crippen LogP contribution is 1.94. The molecule has 0 amide bonds. The van der Waals surface area contributed by atoms with E-state index in [1.807, 2.05) is 6.92 Å². The lowest BCUT2D eigenvalue weighted by atomic mass is 10.5. The highest BCUT2D eigenvalue weighted by atomic mass is 32.1. The summed E-state index contributed by atoms with van der Waals surface area (Å²) in [6, 6.07) is 0. The number of aliphatic hydroxyl groups excluding tert-OH is 1. The molecule has 0 saturated heterocycles. The second kappa shape index (κ2) is 5.41. The molecule has 0 bridgehead atoms. The van der Waals surface area contributed by atoms with Crippen LogP contribution in [0.25, 0.3) is 0 Å². The molecule has 0 aliphatic carbocycles. The van der Waals surface area contributed by atoms with Crippen LogP contribution in [0.15, 0.2) is 0 Å². The maximum atomic E-state index is 8.78. The van der Waals surface area contributed by atoms with E-state index < -0.39 is 6.29 Å². The fourth-order valence-electron chi connectivity index (χ4n) is 0.386. The van der Waals surface area contributed by atoms with E-state index in [0.29, 0.717) is 18.8 Å². The van der Waals surface area contributed by atoms with Crippen LogP contribution in [0.1, 0.15) is 13.3 Å². The van der Waals surface area contributed by atoms with Crippen molar-refractivity contribution < 1.29 is 9.84 Å². The number of thiol groups is 1. The predicted molar refractivity (Wildman–Crippen MR) is 36.1 cm³/mol. The Morgan fingerprint density at radius 2 is 2.38 bits per heavy atom. The predicted octanol–water partition coefficient (Wildman–Crippen LogP) is 0.661. The molecule has 2 nitrogen and oxygen atoms in total. The average molecular weight is 136 g/mol. The van der Waals surface area contributed by atoms with E-state index in [2.05, 4.69) is 12.6 Å². The van der Waals surface area contributed by atoms with E-state index >= 15 is 0 Å². The first-order valence-corrected chi connectivity index (χ1v) is 3.35. The Labute approximate surface area is 55.3 Å². The number of hydrogen-bond acceptors (Lipinski definition) is 3. The second-order valence-electron chi connectivity index (χ2n) is 1.42. The van der Waals surface area contributed by atoms with E-state index in [9.17, 15) is 0 Å². The minimum Gasteiger partial charge on any atom is -0.368 e. The normalized spacial score (nSPS) is 13.9. The van der Waals surface area contributed by atoms with Gasteiger partial charge in [0.05, 0.1) is 0 Å². The van der Waals surface area contributed by atoms with Crippen LogP contribution in [0.4, 0.5) is 0 Å². The first-order chi connectivity index (χ1) is 3.81. The lowest BCUT2D eigenvalue weighted by Crippen LogP contribution is -2.11. The zero-order chi connectivity index (χ0) is 6.41. The number of aliphatic hydroxyl groups is 1. The third-order valence-corrected chi connectivity index (χ3v) is 0.993. The largest absolute Gasteiger partial charge is 0.368 e. The van der Waals surface area contributed by atoms with Crippen LogP contribution in [0.3, 0.4) is 0 Å². The van der Waals surface area contributed by atoms with Gasteiger partial charge in [-0.3, -0.25) is 0 Å². The molecule has 50 valence electrons. The Kier molecular flexibility index (Phi) is 5.59. The smallest absolute Gasteiger partial charge is 0.155 e. The van der Waals surface area contributed by atoms with Gasteiger partial charge in [0.1, 0.15) is 0 Å². The zero-order valence-corrected chi connectivity index (χ0v) is 5.90. The lowest BCUT2D eigenvalue weighted by Gasteiger charge is -2.06. The quantitative estimate of drug-likeness (QED) is 0.439. The molecular weight excluding hydrogens is 124 g/mol. The molecule has 0 aliphatic rings. The molecule has 0 spiro atoms. The Hall–Kier alpha value is 0.270. The van der Waals surface area contributed by atoms with Gasteiger partial charge in [0.25, 0.3) is 0 Å². The average Bonchev–Trinajstić information content (AvgIpc) is 1.68. The molecule has 1 unspecified atom stereocenters. The highest BCUT2D eigenvalue weighted by Gasteiger charge is 1.97. The van der Waals surface area contributed by atoms with Crippen LogP contribution < -0.4 is 0 Å². The first-order valence-electron chi connectivity index (χ1n) is 2.71. The molecule has 1 atom stereocenters. The van der Waals surface area contributed by atoms with Crippen LogP contribution in [0.5, 0.6) is 0 Å². The standard InChI is InChI=1S/C5H12O2S/c1-2-7-5(6)3-4-8/h5-6,8H,2-4H2,1H3. The van der Waals surface area contributed by atoms with Crippen molar-refractivity contribution in [3.8, 4) is 0 Å². The second-order valence-corrected chi connectivity index (χ2v) is 1.87. The molecule has 0 aromatic carbocycles. The Balaban J connectivity index is 2.92. The molecule has 0 heterocycles. The summed E-state index contributed by atoms with van der Waals surface area (Å²) < 4.78 is 4.79. The summed E-state index contributed by atoms with van der Waals surface area (Å²) in [5.74, 6) is 0.668. The summed E-state index contributed by atoms with van der Waals surface area (Å²) in [5.41, 5.74) is 0. The first kappa shape index (κ1) is 8.27. The lowest BCUT2D eigenvalue weighted by molar-refractivity contribution is -0.0945. The van der Waals surface area contributed by atoms with Gasteiger partial charge in [0, 0.05) is 13.0 Å². The highest BCUT2D eigenvalue weighted by molar-refractivity contribution is 7.80. The van der Waals surface area contributed by atoms with Crippen molar-refractivity contribution in [1.29, 1.82) is 0 Å². The minimum absolute atomic E-state index is 0.564. The summed E-state index contributed by atoms with van der Waals surface area (Å²) >= 11 is 3.91. The van der Waals surface area contributed by atoms with Gasteiger partial charge in [0.2, 0.25) is 0 Å². The molecule has 0 aromatic heterocycles. The van der Waals surface area contributed by atoms with Crippen molar-refractivity contribution >= 4 is 12.6 Å². The zero-order valence-electron chi connectivity index (χ0n) is 5.00. The van der Waals surface area contributed by atoms with Gasteiger partial charge >= 0.3 is 0 Å². The fraction of sp³-hybridized carbons (Fsp3) is 1.00. The van der Waals surface area contributed by atoms with E-state index in [1.54, 1.807) is 0 Å². The van der Waals surface area contributed by atoms with Gasteiger partial charge in [-0.2, -0.15) is 12.6 Å². The van der Waals surface area contributed by atoms with Gasteiger partial charge in [-0.25, -0.2) is 0 Å². The molecular formula is C5H12O2S. The van der Waals surface area contributed by atoms with Crippen molar-refractivity contribution in [2.45, 2.75) is 19.6 Å². The van der Waals surface area contributed by atoms with E-state index in [0.717, 1.165) is 0 Å². The Morgan fingerprint density at radius 3 is 2.75 bits per heavy atom. The van der Waals surface area contributed by atoms with Gasteiger partial charge < -0.3 is 9.84 Å². The molecule has 8 heavy (non-hydrogen) atoms. The van der Waals surface area contributed by atoms with Crippen molar-refractivity contribution in [2.75, 3.05) is 12.4 Å². The van der Waals surface area contributed by atoms with Crippen LogP contribution in [-0.2, 0) is 4.74 Å². The van der Waals surface area contributed by atoms with Gasteiger partial charge in [-0.1, -0.05) is 0 Å². The SMILES string of the molecule is CCOC(O)CCS. The van der Waals surface area contributed by atoms with Crippen LogP contribution in [0.2, 0.25) is 0 Å². The molecule has 0 aromatic rings. The number of hydrogen-bond donors (Lipinski definition) is 2. The topological polar surface area (TPSA) is 29.5 Å². The van der Waals surface area contributed by atoms with Crippen molar-refractivity contribution in [1.82, 2.24) is 0 Å². The molecule has 0 aliphatic heterocycles. The van der Waals surface area contributed by atoms with Crippen LogP contribution in [0, 0.1) is 0 Å². The third-order valence-electron chi connectivity index (χ3n) is 0.735. The monoisotopic (exact) mass is 136 g/mol. The third kappa shape index (κ3) is 4.43. The summed E-state index contributed by atoms with van der Waals surface area (Å²) in [4.78, 5) is 0. The van der Waals surface area contributed by atoms with Crippen LogP contribution in [-0.4, -0.2) is 23.8 Å². The summed E-state index contributed by atoms with van der Waals surface area (Å²) in [6.07, 6.45) is -0.00534. The molecule has 0 fully saturated rings. The maximum absolute atomic E-state index is 8.78. The summed E-state index contributed by atoms with van der Waals surface area (Å²) in [6.45, 7) is 2.41. The van der Waals surface area contributed by atoms with Crippen molar-refractivity contribution in [3.05, 3.63) is 0 Å². The fourth-order valence-corrected chi connectivity index (χ4v) is 0.607. The van der Waals surface area contributed by atoms with Crippen molar-refractivity contribution in [3.63, 3.8) is 0 Å². The molecule has 0 radical (unpaired) electrons. The van der Waals surface area contributed by atoms with E-state index in [-0.39, 0.29) is 0 Å². The minimum atomic E-state index is -0.613. The Bertz CT molecular complexity index is 43.7.